The Balaban J connectivity index is 2.44. The summed E-state index contributed by atoms with van der Waals surface area (Å²) in [6.07, 6.45) is -1.55. The van der Waals surface area contributed by atoms with Crippen molar-refractivity contribution in [3.8, 4) is 0 Å². The highest BCUT2D eigenvalue weighted by molar-refractivity contribution is 6.17. The number of rotatable bonds is 3. The SMILES string of the molecule is CCC1CCCN1c1ccc(CCl)cc1C(F)(F)F. The van der Waals surface area contributed by atoms with Crippen LogP contribution in [0.1, 0.15) is 37.3 Å². The van der Waals surface area contributed by atoms with Crippen molar-refractivity contribution in [2.24, 2.45) is 0 Å². The molecular formula is C14H17ClF3N. The molecular weight excluding hydrogens is 275 g/mol. The van der Waals surface area contributed by atoms with Crippen LogP contribution in [0.5, 0.6) is 0 Å². The molecule has 1 heterocycles. The Morgan fingerprint density at radius 3 is 2.68 bits per heavy atom. The van der Waals surface area contributed by atoms with Crippen LogP contribution in [0, 0.1) is 0 Å². The van der Waals surface area contributed by atoms with E-state index in [2.05, 4.69) is 0 Å². The Kier molecular flexibility index (Phi) is 4.29. The van der Waals surface area contributed by atoms with Crippen molar-refractivity contribution >= 4 is 17.3 Å². The van der Waals surface area contributed by atoms with Gasteiger partial charge >= 0.3 is 6.18 Å². The first-order valence-corrected chi connectivity index (χ1v) is 7.03. The van der Waals surface area contributed by atoms with Crippen molar-refractivity contribution in [3.05, 3.63) is 29.3 Å². The molecule has 0 spiro atoms. The van der Waals surface area contributed by atoms with Crippen LogP contribution < -0.4 is 4.90 Å². The molecule has 19 heavy (non-hydrogen) atoms. The van der Waals surface area contributed by atoms with E-state index < -0.39 is 11.7 Å². The summed E-state index contributed by atoms with van der Waals surface area (Å²) in [4.78, 5) is 1.89. The summed E-state index contributed by atoms with van der Waals surface area (Å²) in [5.41, 5.74) is 0.238. The van der Waals surface area contributed by atoms with Crippen LogP contribution in [0.4, 0.5) is 18.9 Å². The van der Waals surface area contributed by atoms with E-state index in [0.717, 1.165) is 19.3 Å². The van der Waals surface area contributed by atoms with Gasteiger partial charge < -0.3 is 4.90 Å². The molecule has 1 aromatic carbocycles. The zero-order valence-electron chi connectivity index (χ0n) is 10.8. The van der Waals surface area contributed by atoms with E-state index >= 15 is 0 Å². The summed E-state index contributed by atoms with van der Waals surface area (Å²) in [6.45, 7) is 2.71. The second kappa shape index (κ2) is 5.61. The minimum atomic E-state index is -4.34. The van der Waals surface area contributed by atoms with Crippen LogP contribution in [-0.2, 0) is 12.1 Å². The standard InChI is InChI=1S/C14H17ClF3N/c1-2-11-4-3-7-19(11)13-6-5-10(9-15)8-12(13)14(16,17)18/h5-6,8,11H,2-4,7,9H2,1H3. The molecule has 0 aromatic heterocycles. The van der Waals surface area contributed by atoms with Crippen LogP contribution in [0.15, 0.2) is 18.2 Å². The Labute approximate surface area is 116 Å². The van der Waals surface area contributed by atoms with Crippen LogP contribution >= 0.6 is 11.6 Å². The molecule has 0 N–H and O–H groups in total. The Morgan fingerprint density at radius 1 is 1.37 bits per heavy atom. The molecule has 1 saturated heterocycles. The molecule has 0 bridgehead atoms. The van der Waals surface area contributed by atoms with Gasteiger partial charge in [0.05, 0.1) is 5.56 Å². The Morgan fingerprint density at radius 2 is 2.11 bits per heavy atom. The van der Waals surface area contributed by atoms with Crippen LogP contribution in [0.25, 0.3) is 0 Å². The third kappa shape index (κ3) is 2.99. The molecule has 1 fully saturated rings. The van der Waals surface area contributed by atoms with E-state index in [9.17, 15) is 13.2 Å². The highest BCUT2D eigenvalue weighted by atomic mass is 35.5. The van der Waals surface area contributed by atoms with Gasteiger partial charge in [-0.05, 0) is 37.0 Å². The third-order valence-corrected chi connectivity index (χ3v) is 3.99. The molecule has 0 amide bonds. The predicted molar refractivity (Wildman–Crippen MR) is 71.7 cm³/mol. The summed E-state index contributed by atoms with van der Waals surface area (Å²) in [6, 6.07) is 4.63. The van der Waals surface area contributed by atoms with Gasteiger partial charge in [0.2, 0.25) is 0 Å². The minimum absolute atomic E-state index is 0.0978. The fourth-order valence-electron chi connectivity index (χ4n) is 2.72. The topological polar surface area (TPSA) is 3.24 Å². The van der Waals surface area contributed by atoms with Gasteiger partial charge in [0.1, 0.15) is 0 Å². The monoisotopic (exact) mass is 291 g/mol. The molecule has 1 unspecified atom stereocenters. The third-order valence-electron chi connectivity index (χ3n) is 3.68. The molecule has 0 aliphatic carbocycles. The number of halogens is 4. The van der Waals surface area contributed by atoms with Crippen molar-refractivity contribution in [2.45, 2.75) is 44.3 Å². The number of alkyl halides is 4. The minimum Gasteiger partial charge on any atom is -0.368 e. The molecule has 106 valence electrons. The largest absolute Gasteiger partial charge is 0.418 e. The lowest BCUT2D eigenvalue weighted by atomic mass is 10.1. The average Bonchev–Trinajstić information content (AvgIpc) is 2.85. The van der Waals surface area contributed by atoms with Gasteiger partial charge in [0.15, 0.2) is 0 Å². The molecule has 1 aliphatic heterocycles. The van der Waals surface area contributed by atoms with Crippen molar-refractivity contribution in [1.82, 2.24) is 0 Å². The molecule has 1 atom stereocenters. The lowest BCUT2D eigenvalue weighted by molar-refractivity contribution is -0.137. The van der Waals surface area contributed by atoms with E-state index in [-0.39, 0.29) is 11.9 Å². The van der Waals surface area contributed by atoms with Crippen molar-refractivity contribution < 1.29 is 13.2 Å². The fraction of sp³-hybridized carbons (Fsp3) is 0.571. The second-order valence-electron chi connectivity index (χ2n) is 4.88. The summed E-state index contributed by atoms with van der Waals surface area (Å²) >= 11 is 5.64. The van der Waals surface area contributed by atoms with Gasteiger partial charge in [-0.15, -0.1) is 11.6 Å². The number of hydrogen-bond donors (Lipinski definition) is 0. The summed E-state index contributed by atoms with van der Waals surface area (Å²) in [5, 5.41) is 0. The van der Waals surface area contributed by atoms with Gasteiger partial charge in [-0.2, -0.15) is 13.2 Å². The number of nitrogens with zero attached hydrogens (tertiary/aromatic N) is 1. The van der Waals surface area contributed by atoms with Crippen LogP contribution in [-0.4, -0.2) is 12.6 Å². The first-order valence-electron chi connectivity index (χ1n) is 6.50. The maximum atomic E-state index is 13.2. The zero-order valence-corrected chi connectivity index (χ0v) is 11.6. The summed E-state index contributed by atoms with van der Waals surface area (Å²) in [5.74, 6) is 0.0978. The quantitative estimate of drug-likeness (QED) is 0.722. The van der Waals surface area contributed by atoms with E-state index in [0.29, 0.717) is 17.8 Å². The molecule has 0 saturated carbocycles. The molecule has 1 nitrogen and oxygen atoms in total. The first-order chi connectivity index (χ1) is 8.97. The molecule has 1 aromatic rings. The van der Waals surface area contributed by atoms with Crippen molar-refractivity contribution in [3.63, 3.8) is 0 Å². The zero-order chi connectivity index (χ0) is 14.0. The van der Waals surface area contributed by atoms with Gasteiger partial charge in [0, 0.05) is 24.2 Å². The highest BCUT2D eigenvalue weighted by Crippen LogP contribution is 2.40. The second-order valence-corrected chi connectivity index (χ2v) is 5.15. The lowest BCUT2D eigenvalue weighted by Crippen LogP contribution is -2.30. The summed E-state index contributed by atoms with van der Waals surface area (Å²) in [7, 11) is 0. The van der Waals surface area contributed by atoms with Crippen LogP contribution in [0.2, 0.25) is 0 Å². The van der Waals surface area contributed by atoms with Gasteiger partial charge in [-0.25, -0.2) is 0 Å². The normalized spacial score (nSPS) is 20.1. The Hall–Kier alpha value is -0.900. The fourth-order valence-corrected chi connectivity index (χ4v) is 2.89. The van der Waals surface area contributed by atoms with E-state index in [4.69, 9.17) is 11.6 Å². The average molecular weight is 292 g/mol. The first kappa shape index (κ1) is 14.5. The number of benzene rings is 1. The number of anilines is 1. The maximum Gasteiger partial charge on any atom is 0.418 e. The molecule has 0 radical (unpaired) electrons. The van der Waals surface area contributed by atoms with Crippen molar-refractivity contribution in [2.75, 3.05) is 11.4 Å². The molecule has 5 heteroatoms. The number of hydrogen-bond acceptors (Lipinski definition) is 1. The molecule has 1 aliphatic rings. The lowest BCUT2D eigenvalue weighted by Gasteiger charge is -2.29. The summed E-state index contributed by atoms with van der Waals surface area (Å²) < 4.78 is 39.5. The van der Waals surface area contributed by atoms with Gasteiger partial charge in [0.25, 0.3) is 0 Å². The van der Waals surface area contributed by atoms with E-state index in [1.807, 2.05) is 11.8 Å². The van der Waals surface area contributed by atoms with Crippen LogP contribution in [0.3, 0.4) is 0 Å². The molecule has 2 rings (SSSR count). The smallest absolute Gasteiger partial charge is 0.368 e. The predicted octanol–water partition coefficient (Wildman–Crippen LogP) is 4.82. The van der Waals surface area contributed by atoms with E-state index in [1.165, 1.54) is 6.07 Å². The van der Waals surface area contributed by atoms with Gasteiger partial charge in [-0.3, -0.25) is 0 Å². The van der Waals surface area contributed by atoms with Crippen molar-refractivity contribution in [1.29, 1.82) is 0 Å². The van der Waals surface area contributed by atoms with Gasteiger partial charge in [-0.1, -0.05) is 13.0 Å². The highest BCUT2D eigenvalue weighted by Gasteiger charge is 2.37. The van der Waals surface area contributed by atoms with E-state index in [1.54, 1.807) is 12.1 Å². The maximum absolute atomic E-state index is 13.2. The Bertz CT molecular complexity index is 445.